The number of rotatable bonds is 1. The first-order valence-electron chi connectivity index (χ1n) is 7.05. The van der Waals surface area contributed by atoms with Gasteiger partial charge in [0.15, 0.2) is 0 Å². The van der Waals surface area contributed by atoms with Crippen LogP contribution in [0.15, 0.2) is 18.2 Å². The number of imidazole rings is 1. The van der Waals surface area contributed by atoms with Crippen LogP contribution in [0.25, 0.3) is 11.0 Å². The normalized spacial score (nSPS) is 22.0. The van der Waals surface area contributed by atoms with E-state index in [4.69, 9.17) is 5.73 Å². The maximum Gasteiger partial charge on any atom is 0.449 e. The van der Waals surface area contributed by atoms with Gasteiger partial charge in [0.25, 0.3) is 0 Å². The van der Waals surface area contributed by atoms with Crippen molar-refractivity contribution in [3.63, 3.8) is 0 Å². The van der Waals surface area contributed by atoms with Crippen LogP contribution in [0.5, 0.6) is 0 Å². The number of nitrogens with two attached hydrogens (primary N) is 1. The molecule has 0 radical (unpaired) electrons. The molecule has 1 aliphatic rings. The van der Waals surface area contributed by atoms with Crippen LogP contribution in [0.1, 0.15) is 45.0 Å². The van der Waals surface area contributed by atoms with E-state index in [0.29, 0.717) is 16.7 Å². The molecule has 1 atom stereocenters. The lowest BCUT2D eigenvalue weighted by atomic mass is 9.87. The molecule has 1 heterocycles. The predicted molar refractivity (Wildman–Crippen MR) is 75.8 cm³/mol. The van der Waals surface area contributed by atoms with Gasteiger partial charge in [-0.15, -0.1) is 0 Å². The number of aromatic nitrogens is 2. The van der Waals surface area contributed by atoms with Crippen molar-refractivity contribution in [3.05, 3.63) is 24.0 Å². The summed E-state index contributed by atoms with van der Waals surface area (Å²) < 4.78 is 41.5. The summed E-state index contributed by atoms with van der Waals surface area (Å²) >= 11 is 0. The summed E-state index contributed by atoms with van der Waals surface area (Å²) in [6, 6.07) is 4.58. The fraction of sp³-hybridized carbons (Fsp3) is 0.533. The average Bonchev–Trinajstić information content (AvgIpc) is 2.87. The van der Waals surface area contributed by atoms with Crippen molar-refractivity contribution >= 4 is 16.7 Å². The molecule has 114 valence electrons. The van der Waals surface area contributed by atoms with Gasteiger partial charge in [-0.25, -0.2) is 4.98 Å². The zero-order valence-corrected chi connectivity index (χ0v) is 12.0. The van der Waals surface area contributed by atoms with Crippen LogP contribution in [0, 0.1) is 5.41 Å². The number of benzene rings is 1. The summed E-state index contributed by atoms with van der Waals surface area (Å²) in [5.41, 5.74) is 6.74. The third-order valence-corrected chi connectivity index (χ3v) is 4.48. The Balaban J connectivity index is 2.28. The minimum absolute atomic E-state index is 0.172. The standard InChI is InChI=1S/C15H18F3N3/c1-14(2)7-3-4-12(14)21-11-6-5-9(19)8-10(11)20-13(21)15(16,17)18/h5-6,8,12H,3-4,7,19H2,1-2H3. The van der Waals surface area contributed by atoms with E-state index < -0.39 is 12.0 Å². The van der Waals surface area contributed by atoms with Crippen LogP contribution in [0.4, 0.5) is 18.9 Å². The van der Waals surface area contributed by atoms with E-state index in [9.17, 15) is 13.2 Å². The summed E-state index contributed by atoms with van der Waals surface area (Å²) in [4.78, 5) is 3.81. The van der Waals surface area contributed by atoms with Crippen LogP contribution in [-0.2, 0) is 6.18 Å². The lowest BCUT2D eigenvalue weighted by molar-refractivity contribution is -0.148. The first-order valence-corrected chi connectivity index (χ1v) is 7.05. The number of halogens is 3. The number of nitrogens with zero attached hydrogens (tertiary/aromatic N) is 2. The maximum absolute atomic E-state index is 13.4. The van der Waals surface area contributed by atoms with Crippen molar-refractivity contribution in [2.75, 3.05) is 5.73 Å². The molecule has 3 rings (SSSR count). The Morgan fingerprint density at radius 2 is 2.05 bits per heavy atom. The van der Waals surface area contributed by atoms with Gasteiger partial charge in [0.1, 0.15) is 0 Å². The van der Waals surface area contributed by atoms with Gasteiger partial charge < -0.3 is 10.3 Å². The molecule has 1 aromatic carbocycles. The highest BCUT2D eigenvalue weighted by Gasteiger charge is 2.44. The van der Waals surface area contributed by atoms with Crippen LogP contribution >= 0.6 is 0 Å². The van der Waals surface area contributed by atoms with Crippen molar-refractivity contribution in [1.29, 1.82) is 0 Å². The molecule has 1 fully saturated rings. The van der Waals surface area contributed by atoms with E-state index in [1.807, 2.05) is 13.8 Å². The van der Waals surface area contributed by atoms with Gasteiger partial charge in [-0.1, -0.05) is 20.3 Å². The second-order valence-corrected chi connectivity index (χ2v) is 6.45. The first-order chi connectivity index (χ1) is 9.70. The maximum atomic E-state index is 13.4. The molecule has 0 saturated heterocycles. The SMILES string of the molecule is CC1(C)CCCC1n1c(C(F)(F)F)nc2cc(N)ccc21. The number of anilines is 1. The highest BCUT2D eigenvalue weighted by molar-refractivity contribution is 5.80. The number of hydrogen-bond acceptors (Lipinski definition) is 2. The topological polar surface area (TPSA) is 43.8 Å². The molecule has 6 heteroatoms. The predicted octanol–water partition coefficient (Wildman–Crippen LogP) is 4.39. The number of alkyl halides is 3. The molecule has 1 aliphatic carbocycles. The largest absolute Gasteiger partial charge is 0.449 e. The molecule has 1 aromatic heterocycles. The average molecular weight is 297 g/mol. The highest BCUT2D eigenvalue weighted by atomic mass is 19.4. The minimum atomic E-state index is -4.47. The fourth-order valence-corrected chi connectivity index (χ4v) is 3.42. The quantitative estimate of drug-likeness (QED) is 0.793. The van der Waals surface area contributed by atoms with Crippen LogP contribution in [0.2, 0.25) is 0 Å². The van der Waals surface area contributed by atoms with Gasteiger partial charge >= 0.3 is 6.18 Å². The second kappa shape index (κ2) is 4.39. The zero-order chi connectivity index (χ0) is 15.4. The second-order valence-electron chi connectivity index (χ2n) is 6.45. The molecule has 1 unspecified atom stereocenters. The van der Waals surface area contributed by atoms with E-state index in [2.05, 4.69) is 4.98 Å². The molecule has 21 heavy (non-hydrogen) atoms. The van der Waals surface area contributed by atoms with Crippen molar-refractivity contribution < 1.29 is 13.2 Å². The third-order valence-electron chi connectivity index (χ3n) is 4.48. The molecule has 2 N–H and O–H groups in total. The van der Waals surface area contributed by atoms with E-state index in [1.165, 1.54) is 10.6 Å². The molecule has 3 nitrogen and oxygen atoms in total. The van der Waals surface area contributed by atoms with Crippen LogP contribution in [-0.4, -0.2) is 9.55 Å². The molecular weight excluding hydrogens is 279 g/mol. The molecule has 1 saturated carbocycles. The Kier molecular flexibility index (Phi) is 2.97. The van der Waals surface area contributed by atoms with Crippen LogP contribution < -0.4 is 5.73 Å². The van der Waals surface area contributed by atoms with Crippen molar-refractivity contribution in [3.8, 4) is 0 Å². The monoisotopic (exact) mass is 297 g/mol. The summed E-state index contributed by atoms with van der Waals surface area (Å²) in [6.45, 7) is 4.04. The Morgan fingerprint density at radius 1 is 1.33 bits per heavy atom. The summed E-state index contributed by atoms with van der Waals surface area (Å²) in [5, 5.41) is 0. The van der Waals surface area contributed by atoms with Gasteiger partial charge in [0.2, 0.25) is 5.82 Å². The van der Waals surface area contributed by atoms with Crippen molar-refractivity contribution in [2.24, 2.45) is 5.41 Å². The third kappa shape index (κ3) is 2.26. The Bertz CT molecular complexity index is 685. The van der Waals surface area contributed by atoms with E-state index in [-0.39, 0.29) is 11.5 Å². The smallest absolute Gasteiger partial charge is 0.399 e. The highest BCUT2D eigenvalue weighted by Crippen LogP contribution is 2.49. The minimum Gasteiger partial charge on any atom is -0.399 e. The van der Waals surface area contributed by atoms with Crippen LogP contribution in [0.3, 0.4) is 0 Å². The van der Waals surface area contributed by atoms with E-state index in [0.717, 1.165) is 19.3 Å². The van der Waals surface area contributed by atoms with Gasteiger partial charge in [-0.3, -0.25) is 0 Å². The molecule has 0 spiro atoms. The first kappa shape index (κ1) is 14.2. The van der Waals surface area contributed by atoms with Gasteiger partial charge in [-0.05, 0) is 36.5 Å². The van der Waals surface area contributed by atoms with Gasteiger partial charge in [0.05, 0.1) is 11.0 Å². The molecule has 0 bridgehead atoms. The van der Waals surface area contributed by atoms with Crippen molar-refractivity contribution in [1.82, 2.24) is 9.55 Å². The molecule has 0 amide bonds. The number of hydrogen-bond donors (Lipinski definition) is 1. The number of nitrogen functional groups attached to an aromatic ring is 1. The van der Waals surface area contributed by atoms with Crippen molar-refractivity contribution in [2.45, 2.75) is 45.3 Å². The Morgan fingerprint density at radius 3 is 2.62 bits per heavy atom. The molecule has 0 aliphatic heterocycles. The lowest BCUT2D eigenvalue weighted by Crippen LogP contribution is -2.26. The molecular formula is C15H18F3N3. The Labute approximate surface area is 121 Å². The summed E-state index contributed by atoms with van der Waals surface area (Å²) in [5.74, 6) is -0.817. The Hall–Kier alpha value is -1.72. The van der Waals surface area contributed by atoms with E-state index in [1.54, 1.807) is 12.1 Å². The van der Waals surface area contributed by atoms with Gasteiger partial charge in [0, 0.05) is 11.7 Å². The summed E-state index contributed by atoms with van der Waals surface area (Å²) in [7, 11) is 0. The molecule has 2 aromatic rings. The zero-order valence-electron chi connectivity index (χ0n) is 12.0. The fourth-order valence-electron chi connectivity index (χ4n) is 3.42. The van der Waals surface area contributed by atoms with Gasteiger partial charge in [-0.2, -0.15) is 13.2 Å². The number of fused-ring (bicyclic) bond motifs is 1. The lowest BCUT2D eigenvalue weighted by Gasteiger charge is -2.30. The summed E-state index contributed by atoms with van der Waals surface area (Å²) in [6.07, 6.45) is -1.87. The van der Waals surface area contributed by atoms with E-state index >= 15 is 0 Å².